The number of benzene rings is 3. The van der Waals surface area contributed by atoms with Crippen molar-refractivity contribution in [1.29, 1.82) is 0 Å². The lowest BCUT2D eigenvalue weighted by molar-refractivity contribution is 0.628. The summed E-state index contributed by atoms with van der Waals surface area (Å²) < 4.78 is 13.4. The van der Waals surface area contributed by atoms with Crippen molar-refractivity contribution < 1.29 is 4.39 Å². The molecule has 128 valence electrons. The van der Waals surface area contributed by atoms with E-state index in [0.29, 0.717) is 0 Å². The molecule has 3 aromatic carbocycles. The van der Waals surface area contributed by atoms with E-state index in [-0.39, 0.29) is 5.82 Å². The second-order valence-corrected chi connectivity index (χ2v) is 6.50. The van der Waals surface area contributed by atoms with Crippen LogP contribution in [0.3, 0.4) is 0 Å². The van der Waals surface area contributed by atoms with Gasteiger partial charge in [-0.3, -0.25) is 0 Å². The summed E-state index contributed by atoms with van der Waals surface area (Å²) in [5.41, 5.74) is 7.13. The molecule has 0 bridgehead atoms. The number of hydrogen-bond acceptors (Lipinski definition) is 1. The van der Waals surface area contributed by atoms with Crippen LogP contribution in [0.5, 0.6) is 0 Å². The van der Waals surface area contributed by atoms with E-state index in [1.54, 1.807) is 12.1 Å². The normalized spacial score (nSPS) is 10.9. The minimum atomic E-state index is -0.246. The Kier molecular flexibility index (Phi) is 4.13. The molecule has 26 heavy (non-hydrogen) atoms. The van der Waals surface area contributed by atoms with Gasteiger partial charge in [-0.2, -0.15) is 0 Å². The van der Waals surface area contributed by atoms with Crippen LogP contribution in [-0.4, -0.2) is 9.97 Å². The summed E-state index contributed by atoms with van der Waals surface area (Å²) in [6.45, 7) is 4.15. The zero-order valence-electron chi connectivity index (χ0n) is 14.8. The molecule has 0 radical (unpaired) electrons. The van der Waals surface area contributed by atoms with Crippen molar-refractivity contribution in [3.8, 4) is 33.9 Å². The molecule has 0 aliphatic rings. The fourth-order valence-corrected chi connectivity index (χ4v) is 3.12. The van der Waals surface area contributed by atoms with Crippen LogP contribution >= 0.6 is 0 Å². The van der Waals surface area contributed by atoms with Crippen molar-refractivity contribution >= 4 is 0 Å². The maximum absolute atomic E-state index is 13.4. The molecule has 1 N–H and O–H groups in total. The van der Waals surface area contributed by atoms with Gasteiger partial charge < -0.3 is 4.98 Å². The molecular formula is C23H19FN2. The Balaban J connectivity index is 1.93. The monoisotopic (exact) mass is 342 g/mol. The van der Waals surface area contributed by atoms with Crippen molar-refractivity contribution in [2.75, 3.05) is 0 Å². The summed E-state index contributed by atoms with van der Waals surface area (Å²) in [6.07, 6.45) is 0. The first-order valence-corrected chi connectivity index (χ1v) is 8.61. The predicted octanol–water partition coefficient (Wildman–Crippen LogP) is 6.17. The number of halogens is 1. The second kappa shape index (κ2) is 6.60. The van der Waals surface area contributed by atoms with Gasteiger partial charge in [-0.05, 0) is 49.7 Å². The first kappa shape index (κ1) is 16.3. The molecule has 0 aliphatic heterocycles. The Bertz CT molecular complexity index is 1050. The number of rotatable bonds is 3. The summed E-state index contributed by atoms with van der Waals surface area (Å²) >= 11 is 0. The van der Waals surface area contributed by atoms with Crippen molar-refractivity contribution in [1.82, 2.24) is 9.97 Å². The van der Waals surface area contributed by atoms with Crippen LogP contribution in [0.1, 0.15) is 11.1 Å². The van der Waals surface area contributed by atoms with Crippen LogP contribution in [0, 0.1) is 19.7 Å². The lowest BCUT2D eigenvalue weighted by atomic mass is 10.1. The van der Waals surface area contributed by atoms with E-state index in [4.69, 9.17) is 4.98 Å². The lowest BCUT2D eigenvalue weighted by Crippen LogP contribution is -1.87. The summed E-state index contributed by atoms with van der Waals surface area (Å²) in [5, 5.41) is 0. The van der Waals surface area contributed by atoms with Crippen molar-refractivity contribution in [2.24, 2.45) is 0 Å². The minimum absolute atomic E-state index is 0.246. The van der Waals surface area contributed by atoms with Crippen LogP contribution < -0.4 is 0 Å². The zero-order valence-corrected chi connectivity index (χ0v) is 14.8. The molecular weight excluding hydrogens is 323 g/mol. The third kappa shape index (κ3) is 3.04. The SMILES string of the molecule is Cc1ccc(C)c(-c2nc(-c3ccccc3)c(-c3ccc(F)cc3)[nH]2)c1. The van der Waals surface area contributed by atoms with Gasteiger partial charge in [0.2, 0.25) is 0 Å². The predicted molar refractivity (Wildman–Crippen MR) is 104 cm³/mol. The van der Waals surface area contributed by atoms with Crippen LogP contribution in [0.4, 0.5) is 4.39 Å². The highest BCUT2D eigenvalue weighted by molar-refractivity contribution is 5.81. The van der Waals surface area contributed by atoms with Gasteiger partial charge in [0.25, 0.3) is 0 Å². The third-order valence-corrected chi connectivity index (χ3v) is 4.53. The Morgan fingerprint density at radius 3 is 2.27 bits per heavy atom. The van der Waals surface area contributed by atoms with E-state index < -0.39 is 0 Å². The first-order valence-electron chi connectivity index (χ1n) is 8.61. The van der Waals surface area contributed by atoms with Crippen molar-refractivity contribution in [3.63, 3.8) is 0 Å². The van der Waals surface area contributed by atoms with E-state index in [0.717, 1.165) is 39.5 Å². The molecule has 3 heteroatoms. The zero-order chi connectivity index (χ0) is 18.1. The van der Waals surface area contributed by atoms with Crippen LogP contribution in [0.2, 0.25) is 0 Å². The number of nitrogens with one attached hydrogen (secondary N) is 1. The fraction of sp³-hybridized carbons (Fsp3) is 0.0870. The number of H-pyrrole nitrogens is 1. The molecule has 1 heterocycles. The van der Waals surface area contributed by atoms with Crippen molar-refractivity contribution in [2.45, 2.75) is 13.8 Å². The van der Waals surface area contributed by atoms with E-state index in [1.807, 2.05) is 30.3 Å². The Hall–Kier alpha value is -3.20. The molecule has 4 rings (SSSR count). The number of imidazole rings is 1. The van der Waals surface area contributed by atoms with Gasteiger partial charge in [-0.1, -0.05) is 48.0 Å². The number of hydrogen-bond donors (Lipinski definition) is 1. The van der Waals surface area contributed by atoms with Gasteiger partial charge in [-0.25, -0.2) is 9.37 Å². The van der Waals surface area contributed by atoms with Crippen molar-refractivity contribution in [3.05, 3.63) is 89.7 Å². The van der Waals surface area contributed by atoms with Crippen LogP contribution in [0.15, 0.2) is 72.8 Å². The van der Waals surface area contributed by atoms with Gasteiger partial charge in [0.15, 0.2) is 0 Å². The van der Waals surface area contributed by atoms with E-state index in [9.17, 15) is 4.39 Å². The average Bonchev–Trinajstić information content (AvgIpc) is 3.10. The van der Waals surface area contributed by atoms with Gasteiger partial charge in [0.05, 0.1) is 11.4 Å². The third-order valence-electron chi connectivity index (χ3n) is 4.53. The smallest absolute Gasteiger partial charge is 0.138 e. The molecule has 0 atom stereocenters. The number of aromatic amines is 1. The second-order valence-electron chi connectivity index (χ2n) is 6.50. The van der Waals surface area contributed by atoms with E-state index in [2.05, 4.69) is 37.0 Å². The van der Waals surface area contributed by atoms with Crippen LogP contribution in [0.25, 0.3) is 33.9 Å². The molecule has 0 spiro atoms. The Labute approximate surface area is 152 Å². The van der Waals surface area contributed by atoms with E-state index in [1.165, 1.54) is 17.7 Å². The number of aromatic nitrogens is 2. The quantitative estimate of drug-likeness (QED) is 0.474. The molecule has 4 aromatic rings. The largest absolute Gasteiger partial charge is 0.337 e. The molecule has 2 nitrogen and oxygen atoms in total. The van der Waals surface area contributed by atoms with E-state index >= 15 is 0 Å². The maximum atomic E-state index is 13.4. The molecule has 0 saturated heterocycles. The summed E-state index contributed by atoms with van der Waals surface area (Å²) in [5.74, 6) is 0.577. The summed E-state index contributed by atoms with van der Waals surface area (Å²) in [4.78, 5) is 8.37. The first-order chi connectivity index (χ1) is 12.6. The summed E-state index contributed by atoms with van der Waals surface area (Å²) in [7, 11) is 0. The fourth-order valence-electron chi connectivity index (χ4n) is 3.12. The lowest BCUT2D eigenvalue weighted by Gasteiger charge is -2.04. The highest BCUT2D eigenvalue weighted by Gasteiger charge is 2.16. The highest BCUT2D eigenvalue weighted by atomic mass is 19.1. The molecule has 0 aliphatic carbocycles. The van der Waals surface area contributed by atoms with Gasteiger partial charge in [0.1, 0.15) is 11.6 Å². The maximum Gasteiger partial charge on any atom is 0.138 e. The molecule has 0 saturated carbocycles. The standard InChI is InChI=1S/C23H19FN2/c1-15-8-9-16(2)20(14-15)23-25-21(17-6-4-3-5-7-17)22(26-23)18-10-12-19(24)13-11-18/h3-14H,1-2H3,(H,25,26). The van der Waals surface area contributed by atoms with Crippen LogP contribution in [-0.2, 0) is 0 Å². The minimum Gasteiger partial charge on any atom is -0.337 e. The summed E-state index contributed by atoms with van der Waals surface area (Å²) in [6, 6.07) is 22.9. The Morgan fingerprint density at radius 2 is 1.54 bits per heavy atom. The molecule has 0 unspecified atom stereocenters. The molecule has 0 fully saturated rings. The molecule has 0 amide bonds. The van der Waals surface area contributed by atoms with Gasteiger partial charge in [0, 0.05) is 16.7 Å². The number of aryl methyl sites for hydroxylation is 2. The molecule has 1 aromatic heterocycles. The Morgan fingerprint density at radius 1 is 0.808 bits per heavy atom. The van der Waals surface area contributed by atoms with Gasteiger partial charge >= 0.3 is 0 Å². The van der Waals surface area contributed by atoms with Gasteiger partial charge in [-0.15, -0.1) is 0 Å². The number of nitrogens with zero attached hydrogens (tertiary/aromatic N) is 1. The topological polar surface area (TPSA) is 28.7 Å². The average molecular weight is 342 g/mol. The highest BCUT2D eigenvalue weighted by Crippen LogP contribution is 2.34.